The van der Waals surface area contributed by atoms with Gasteiger partial charge in [-0.1, -0.05) is 24.6 Å². The van der Waals surface area contributed by atoms with Gasteiger partial charge in [0.1, 0.15) is 11.5 Å². The number of rotatable bonds is 10. The molecule has 0 aliphatic rings. The van der Waals surface area contributed by atoms with Crippen molar-refractivity contribution in [1.29, 1.82) is 0 Å². The summed E-state index contributed by atoms with van der Waals surface area (Å²) in [5.41, 5.74) is 0.984. The Hall–Kier alpha value is -2.41. The van der Waals surface area contributed by atoms with Crippen LogP contribution in [0.3, 0.4) is 0 Å². The minimum Gasteiger partial charge on any atom is -0.299 e. The molecule has 7 heteroatoms. The number of thiazole rings is 1. The molecule has 132 valence electrons. The first-order valence-electron chi connectivity index (χ1n) is 8.16. The second-order valence-corrected chi connectivity index (χ2v) is 6.79. The topological polar surface area (TPSA) is 90.2 Å². The summed E-state index contributed by atoms with van der Waals surface area (Å²) in [6.07, 6.45) is 3.87. The zero-order valence-corrected chi connectivity index (χ0v) is 14.9. The molecular weight excluding hydrogens is 340 g/mol. The maximum Gasteiger partial charge on any atom is 0.273 e. The van der Waals surface area contributed by atoms with Gasteiger partial charge in [-0.25, -0.2) is 4.98 Å². The van der Waals surface area contributed by atoms with Gasteiger partial charge in [0, 0.05) is 36.8 Å². The van der Waals surface area contributed by atoms with Crippen molar-refractivity contribution in [3.63, 3.8) is 0 Å². The number of hydrogen-bond donors (Lipinski definition) is 0. The van der Waals surface area contributed by atoms with Crippen molar-refractivity contribution < 1.29 is 14.5 Å². The number of aromatic nitrogens is 1. The van der Waals surface area contributed by atoms with Crippen LogP contribution >= 0.6 is 11.3 Å². The Labute approximate surface area is 150 Å². The fourth-order valence-electron chi connectivity index (χ4n) is 2.50. The van der Waals surface area contributed by atoms with Crippen molar-refractivity contribution in [2.24, 2.45) is 0 Å². The van der Waals surface area contributed by atoms with Gasteiger partial charge in [-0.15, -0.1) is 11.3 Å². The van der Waals surface area contributed by atoms with E-state index in [1.807, 2.05) is 0 Å². The Kier molecular flexibility index (Phi) is 6.94. The quantitative estimate of drug-likeness (QED) is 0.274. The summed E-state index contributed by atoms with van der Waals surface area (Å²) in [4.78, 5) is 38.0. The number of carbonyl (C=O) groups is 2. The van der Waals surface area contributed by atoms with E-state index in [0.717, 1.165) is 30.7 Å². The Morgan fingerprint density at radius 1 is 1.20 bits per heavy atom. The van der Waals surface area contributed by atoms with Crippen molar-refractivity contribution >= 4 is 28.6 Å². The summed E-state index contributed by atoms with van der Waals surface area (Å²) in [6.45, 7) is 1.50. The second-order valence-electron chi connectivity index (χ2n) is 5.84. The normalized spacial score (nSPS) is 10.6. The number of nitro groups is 1. The summed E-state index contributed by atoms with van der Waals surface area (Å²) in [6, 6.07) is 6.36. The second kappa shape index (κ2) is 9.17. The van der Waals surface area contributed by atoms with Crippen LogP contribution < -0.4 is 0 Å². The van der Waals surface area contributed by atoms with Crippen molar-refractivity contribution in [2.75, 3.05) is 0 Å². The van der Waals surface area contributed by atoms with Gasteiger partial charge in [0.25, 0.3) is 5.69 Å². The van der Waals surface area contributed by atoms with Crippen molar-refractivity contribution in [2.45, 2.75) is 45.4 Å². The van der Waals surface area contributed by atoms with Gasteiger partial charge in [0.2, 0.25) is 0 Å². The molecule has 0 radical (unpaired) electrons. The molecule has 0 amide bonds. The SMILES string of the molecule is CC(=O)c1csc(CCCCCC(=O)Cc2ccccc2[N+](=O)[O-])n1. The van der Waals surface area contributed by atoms with E-state index in [9.17, 15) is 19.7 Å². The van der Waals surface area contributed by atoms with E-state index in [0.29, 0.717) is 17.7 Å². The van der Waals surface area contributed by atoms with E-state index >= 15 is 0 Å². The number of hydrogen-bond acceptors (Lipinski definition) is 6. The highest BCUT2D eigenvalue weighted by Gasteiger charge is 2.15. The minimum atomic E-state index is -0.452. The molecule has 1 aromatic carbocycles. The molecule has 0 aliphatic carbocycles. The lowest BCUT2D eigenvalue weighted by atomic mass is 10.0. The van der Waals surface area contributed by atoms with Gasteiger partial charge >= 0.3 is 0 Å². The van der Waals surface area contributed by atoms with Gasteiger partial charge < -0.3 is 0 Å². The summed E-state index contributed by atoms with van der Waals surface area (Å²) < 4.78 is 0. The molecule has 1 heterocycles. The number of ketones is 2. The van der Waals surface area contributed by atoms with Crippen LogP contribution in [-0.4, -0.2) is 21.5 Å². The molecule has 0 bridgehead atoms. The lowest BCUT2D eigenvalue weighted by Crippen LogP contribution is -2.05. The molecule has 1 aromatic heterocycles. The largest absolute Gasteiger partial charge is 0.299 e. The number of unbranched alkanes of at least 4 members (excludes halogenated alkanes) is 2. The molecule has 0 aliphatic heterocycles. The zero-order valence-electron chi connectivity index (χ0n) is 14.1. The van der Waals surface area contributed by atoms with Crippen molar-refractivity contribution in [1.82, 2.24) is 4.98 Å². The number of nitro benzene ring substituents is 1. The Morgan fingerprint density at radius 2 is 1.96 bits per heavy atom. The first-order valence-corrected chi connectivity index (χ1v) is 9.04. The zero-order chi connectivity index (χ0) is 18.2. The summed E-state index contributed by atoms with van der Waals surface area (Å²) >= 11 is 1.49. The first kappa shape index (κ1) is 18.9. The molecule has 2 rings (SSSR count). The lowest BCUT2D eigenvalue weighted by Gasteiger charge is -2.03. The molecule has 0 unspecified atom stereocenters. The molecule has 0 atom stereocenters. The van der Waals surface area contributed by atoms with Gasteiger partial charge in [0.05, 0.1) is 9.93 Å². The van der Waals surface area contributed by atoms with E-state index in [1.54, 1.807) is 23.6 Å². The molecule has 0 saturated heterocycles. The van der Waals surface area contributed by atoms with Gasteiger partial charge in [-0.3, -0.25) is 19.7 Å². The molecule has 25 heavy (non-hydrogen) atoms. The summed E-state index contributed by atoms with van der Waals surface area (Å²) in [7, 11) is 0. The maximum absolute atomic E-state index is 12.0. The maximum atomic E-state index is 12.0. The fraction of sp³-hybridized carbons (Fsp3) is 0.389. The summed E-state index contributed by atoms with van der Waals surface area (Å²) in [5, 5.41) is 13.7. The van der Waals surface area contributed by atoms with E-state index in [2.05, 4.69) is 4.98 Å². The fourth-order valence-corrected chi connectivity index (χ4v) is 3.38. The highest BCUT2D eigenvalue weighted by Crippen LogP contribution is 2.19. The number of nitrogens with zero attached hydrogens (tertiary/aromatic N) is 2. The first-order chi connectivity index (χ1) is 12.0. The summed E-state index contributed by atoms with van der Waals surface area (Å²) in [5.74, 6) is -0.00878. The molecule has 0 spiro atoms. The third kappa shape index (κ3) is 5.86. The lowest BCUT2D eigenvalue weighted by molar-refractivity contribution is -0.385. The molecule has 0 N–H and O–H groups in total. The highest BCUT2D eigenvalue weighted by atomic mass is 32.1. The molecule has 6 nitrogen and oxygen atoms in total. The molecular formula is C18H20N2O4S. The Morgan fingerprint density at radius 3 is 2.64 bits per heavy atom. The standard InChI is InChI=1S/C18H20N2O4S/c1-13(21)16-12-25-18(19-16)10-4-2-3-8-15(22)11-14-7-5-6-9-17(14)20(23)24/h5-7,9,12H,2-4,8,10-11H2,1H3. The van der Waals surface area contributed by atoms with Crippen LogP contribution in [0.2, 0.25) is 0 Å². The van der Waals surface area contributed by atoms with Gasteiger partial charge in [-0.2, -0.15) is 0 Å². The minimum absolute atomic E-state index is 0.000829. The van der Waals surface area contributed by atoms with E-state index in [1.165, 1.54) is 24.3 Å². The molecule has 2 aromatic rings. The van der Waals surface area contributed by atoms with Crippen molar-refractivity contribution in [3.05, 3.63) is 56.0 Å². The number of carbonyl (C=O) groups excluding carboxylic acids is 2. The molecule has 0 saturated carbocycles. The average Bonchev–Trinajstić information content (AvgIpc) is 3.04. The van der Waals surface area contributed by atoms with E-state index in [4.69, 9.17) is 0 Å². The van der Waals surface area contributed by atoms with Gasteiger partial charge in [0.15, 0.2) is 5.78 Å². The molecule has 0 fully saturated rings. The third-order valence-corrected chi connectivity index (χ3v) is 4.74. The highest BCUT2D eigenvalue weighted by molar-refractivity contribution is 7.09. The number of para-hydroxylation sites is 1. The van der Waals surface area contributed by atoms with E-state index < -0.39 is 4.92 Å². The number of benzene rings is 1. The van der Waals surface area contributed by atoms with Crippen molar-refractivity contribution in [3.8, 4) is 0 Å². The average molecular weight is 360 g/mol. The smallest absolute Gasteiger partial charge is 0.273 e. The van der Waals surface area contributed by atoms with Crippen LogP contribution in [0.4, 0.5) is 5.69 Å². The van der Waals surface area contributed by atoms with Gasteiger partial charge in [-0.05, 0) is 19.3 Å². The van der Waals surface area contributed by atoms with Crippen LogP contribution in [0.15, 0.2) is 29.6 Å². The van der Waals surface area contributed by atoms with Crippen LogP contribution in [-0.2, 0) is 17.6 Å². The number of aryl methyl sites for hydroxylation is 1. The predicted molar refractivity (Wildman–Crippen MR) is 96.1 cm³/mol. The van der Waals surface area contributed by atoms with Crippen LogP contribution in [0.1, 0.15) is 53.7 Å². The van der Waals surface area contributed by atoms with Crippen LogP contribution in [0, 0.1) is 10.1 Å². The predicted octanol–water partition coefficient (Wildman–Crippen LogP) is 4.17. The number of Topliss-reactive ketones (excluding diaryl/α,β-unsaturated/α-hetero) is 2. The Balaban J connectivity index is 1.70. The van der Waals surface area contributed by atoms with Crippen LogP contribution in [0.5, 0.6) is 0 Å². The Bertz CT molecular complexity index is 770. The monoisotopic (exact) mass is 360 g/mol. The van der Waals surface area contributed by atoms with E-state index in [-0.39, 0.29) is 23.7 Å². The third-order valence-electron chi connectivity index (χ3n) is 3.83. The van der Waals surface area contributed by atoms with Crippen LogP contribution in [0.25, 0.3) is 0 Å².